The topological polar surface area (TPSA) is 126 Å². The van der Waals surface area contributed by atoms with E-state index in [4.69, 9.17) is 14.2 Å². The van der Waals surface area contributed by atoms with E-state index in [0.29, 0.717) is 0 Å². The average molecular weight is 360 g/mol. The van der Waals surface area contributed by atoms with Crippen LogP contribution in [0.5, 0.6) is 0 Å². The van der Waals surface area contributed by atoms with Gasteiger partial charge >= 0.3 is 0 Å². The lowest BCUT2D eigenvalue weighted by Gasteiger charge is -2.14. The van der Waals surface area contributed by atoms with E-state index in [0.717, 1.165) is 0 Å². The van der Waals surface area contributed by atoms with Crippen molar-refractivity contribution in [3.63, 3.8) is 0 Å². The first-order chi connectivity index (χ1) is 12.0. The second kappa shape index (κ2) is 15.7. The van der Waals surface area contributed by atoms with Crippen LogP contribution in [0.4, 0.5) is 0 Å². The Kier molecular flexibility index (Phi) is 14.6. The first kappa shape index (κ1) is 23.2. The molecule has 0 saturated heterocycles. The van der Waals surface area contributed by atoms with Crippen molar-refractivity contribution in [1.29, 1.82) is 0 Å². The summed E-state index contributed by atoms with van der Waals surface area (Å²) in [6.07, 6.45) is 1.14. The highest BCUT2D eigenvalue weighted by atomic mass is 16.6. The molecule has 0 aromatic rings. The molecular weight excluding hydrogens is 332 g/mol. The van der Waals surface area contributed by atoms with Gasteiger partial charge in [-0.2, -0.15) is 0 Å². The van der Waals surface area contributed by atoms with Crippen molar-refractivity contribution in [2.45, 2.75) is 31.7 Å². The molecule has 0 aliphatic heterocycles. The van der Waals surface area contributed by atoms with Crippen molar-refractivity contribution in [3.8, 4) is 0 Å². The number of nitrogens with one attached hydrogen (secondary N) is 2. The van der Waals surface area contributed by atoms with Crippen LogP contribution >= 0.6 is 0 Å². The van der Waals surface area contributed by atoms with Gasteiger partial charge in [0.15, 0.2) is 6.29 Å². The molecule has 0 bridgehead atoms. The van der Waals surface area contributed by atoms with Crippen LogP contribution < -0.4 is 10.6 Å². The Morgan fingerprint density at radius 2 is 1.48 bits per heavy atom. The van der Waals surface area contributed by atoms with Gasteiger partial charge in [0, 0.05) is 12.8 Å². The minimum atomic E-state index is -1.06. The molecule has 0 aromatic carbocycles. The molecule has 9 heteroatoms. The zero-order valence-electron chi connectivity index (χ0n) is 14.3. The molecule has 0 aliphatic carbocycles. The predicted octanol–water partition coefficient (Wildman–Crippen LogP) is -0.595. The highest BCUT2D eigenvalue weighted by molar-refractivity contribution is 5.77. The molecule has 0 rings (SSSR count). The molecule has 0 spiro atoms. The molecule has 0 radical (unpaired) electrons. The van der Waals surface area contributed by atoms with E-state index in [1.54, 1.807) is 0 Å². The third kappa shape index (κ3) is 15.5. The molecule has 2 amide bonds. The summed E-state index contributed by atoms with van der Waals surface area (Å²) >= 11 is 0. The van der Waals surface area contributed by atoms with E-state index in [1.165, 1.54) is 12.4 Å². The van der Waals surface area contributed by atoms with Crippen molar-refractivity contribution in [2.75, 3.05) is 33.0 Å². The van der Waals surface area contributed by atoms with Crippen LogP contribution in [0, 0.1) is 0 Å². The number of amides is 2. The molecule has 0 fully saturated rings. The summed E-state index contributed by atoms with van der Waals surface area (Å²) in [5.74, 6) is -0.461. The zero-order valence-corrected chi connectivity index (χ0v) is 14.3. The van der Waals surface area contributed by atoms with Crippen LogP contribution in [0.3, 0.4) is 0 Å². The molecular formula is C16H28N2O7. The number of hydrogen-bond acceptors (Lipinski definition) is 7. The number of carbonyl (C=O) groups excluding carboxylic acids is 2. The van der Waals surface area contributed by atoms with E-state index < -0.39 is 12.4 Å². The number of hydrogen-bond donors (Lipinski definition) is 4. The highest BCUT2D eigenvalue weighted by Gasteiger charge is 2.09. The van der Waals surface area contributed by atoms with Gasteiger partial charge in [-0.05, 0) is 12.4 Å². The van der Waals surface area contributed by atoms with Gasteiger partial charge in [0.2, 0.25) is 11.8 Å². The Balaban J connectivity index is 3.48. The van der Waals surface area contributed by atoms with E-state index in [2.05, 4.69) is 23.8 Å². The van der Waals surface area contributed by atoms with Gasteiger partial charge in [-0.1, -0.05) is 13.2 Å². The van der Waals surface area contributed by atoms with Gasteiger partial charge in [0.25, 0.3) is 0 Å². The van der Waals surface area contributed by atoms with Crippen LogP contribution in [-0.2, 0) is 23.8 Å². The average Bonchev–Trinajstić information content (AvgIpc) is 2.57. The number of rotatable bonds is 16. The quantitative estimate of drug-likeness (QED) is 0.214. The first-order valence-electron chi connectivity index (χ1n) is 7.93. The minimum Gasteiger partial charge on any atom is -0.388 e. The smallest absolute Gasteiger partial charge is 0.226 e. The maximum atomic E-state index is 11.1. The number of ether oxygens (including phenoxy) is 3. The third-order valence-electron chi connectivity index (χ3n) is 2.78. The van der Waals surface area contributed by atoms with Crippen molar-refractivity contribution in [3.05, 3.63) is 25.6 Å². The molecule has 0 saturated carbocycles. The number of aliphatic hydroxyl groups excluding tert-OH is 2. The lowest BCUT2D eigenvalue weighted by Crippen LogP contribution is -2.25. The van der Waals surface area contributed by atoms with E-state index in [1.807, 2.05) is 0 Å². The van der Waals surface area contributed by atoms with Crippen LogP contribution in [0.1, 0.15) is 19.3 Å². The molecule has 144 valence electrons. The number of aliphatic hydroxyl groups is 2. The van der Waals surface area contributed by atoms with Gasteiger partial charge in [0.05, 0.1) is 39.5 Å². The largest absolute Gasteiger partial charge is 0.388 e. The monoisotopic (exact) mass is 360 g/mol. The summed E-state index contributed by atoms with van der Waals surface area (Å²) < 4.78 is 15.4. The fourth-order valence-electron chi connectivity index (χ4n) is 1.60. The van der Waals surface area contributed by atoms with E-state index in [-0.39, 0.29) is 64.1 Å². The molecule has 0 aliphatic rings. The maximum absolute atomic E-state index is 11.1. The van der Waals surface area contributed by atoms with Crippen molar-refractivity contribution < 1.29 is 34.0 Å². The summed E-state index contributed by atoms with van der Waals surface area (Å²) in [6, 6.07) is 0. The van der Waals surface area contributed by atoms with E-state index in [9.17, 15) is 19.8 Å². The second-order valence-electron chi connectivity index (χ2n) is 4.96. The fourth-order valence-corrected chi connectivity index (χ4v) is 1.60. The molecule has 2 unspecified atom stereocenters. The fraction of sp³-hybridized carbons (Fsp3) is 0.625. The Labute approximate surface area is 147 Å². The summed E-state index contributed by atoms with van der Waals surface area (Å²) in [7, 11) is 0. The molecule has 4 N–H and O–H groups in total. The summed E-state index contributed by atoms with van der Waals surface area (Å²) in [5, 5.41) is 23.9. The van der Waals surface area contributed by atoms with Crippen LogP contribution in [0.15, 0.2) is 25.6 Å². The van der Waals surface area contributed by atoms with Crippen molar-refractivity contribution in [2.24, 2.45) is 0 Å². The standard InChI is InChI=1S/C16H28N2O7/c1-3-17-14(20)5-6-16(22)25-10-9-24-12-13(19)11-23-8-7-15(21)18-4-2/h3-4,13,16,19,22H,1-2,5-12H2,(H,17,20)(H,18,21). The van der Waals surface area contributed by atoms with Gasteiger partial charge in [-0.15, -0.1) is 0 Å². The van der Waals surface area contributed by atoms with Crippen molar-refractivity contribution in [1.82, 2.24) is 10.6 Å². The minimum absolute atomic E-state index is 0.0417. The number of carbonyl (C=O) groups is 2. The first-order valence-corrected chi connectivity index (χ1v) is 7.93. The van der Waals surface area contributed by atoms with Crippen molar-refractivity contribution >= 4 is 11.8 Å². The SMILES string of the molecule is C=CNC(=O)CCOCC(O)COCCOC(O)CCC(=O)NC=C. The Bertz CT molecular complexity index is 404. The van der Waals surface area contributed by atoms with Gasteiger partial charge in [-0.25, -0.2) is 0 Å². The lowest BCUT2D eigenvalue weighted by molar-refractivity contribution is -0.132. The predicted molar refractivity (Wildman–Crippen MR) is 90.1 cm³/mol. The zero-order chi connectivity index (χ0) is 18.9. The van der Waals surface area contributed by atoms with Crippen LogP contribution in [-0.4, -0.2) is 67.5 Å². The van der Waals surface area contributed by atoms with Crippen LogP contribution in [0.2, 0.25) is 0 Å². The molecule has 2 atom stereocenters. The van der Waals surface area contributed by atoms with E-state index >= 15 is 0 Å². The summed E-state index contributed by atoms with van der Waals surface area (Å²) in [4.78, 5) is 22.2. The highest BCUT2D eigenvalue weighted by Crippen LogP contribution is 1.99. The molecule has 9 nitrogen and oxygen atoms in total. The van der Waals surface area contributed by atoms with Gasteiger partial charge in [0.1, 0.15) is 6.10 Å². The normalized spacial score (nSPS) is 12.9. The summed E-state index contributed by atoms with van der Waals surface area (Å²) in [5.41, 5.74) is 0. The lowest BCUT2D eigenvalue weighted by atomic mass is 10.3. The van der Waals surface area contributed by atoms with Gasteiger partial charge < -0.3 is 35.1 Å². The molecule has 0 aromatic heterocycles. The third-order valence-corrected chi connectivity index (χ3v) is 2.78. The molecule has 25 heavy (non-hydrogen) atoms. The van der Waals surface area contributed by atoms with Crippen LogP contribution in [0.25, 0.3) is 0 Å². The molecule has 0 heterocycles. The summed E-state index contributed by atoms with van der Waals surface area (Å²) in [6.45, 7) is 7.30. The maximum Gasteiger partial charge on any atom is 0.226 e. The Morgan fingerprint density at radius 1 is 0.920 bits per heavy atom. The Morgan fingerprint density at radius 3 is 2.08 bits per heavy atom. The Hall–Kier alpha value is -1.78. The van der Waals surface area contributed by atoms with Gasteiger partial charge in [-0.3, -0.25) is 9.59 Å². The second-order valence-corrected chi connectivity index (χ2v) is 4.96.